The van der Waals surface area contributed by atoms with Gasteiger partial charge in [0.1, 0.15) is 4.21 Å². The third kappa shape index (κ3) is 3.67. The highest BCUT2D eigenvalue weighted by Gasteiger charge is 2.35. The maximum Gasteiger partial charge on any atom is 0.252 e. The average molecular weight is 331 g/mol. The van der Waals surface area contributed by atoms with Gasteiger partial charge in [0.15, 0.2) is 0 Å². The molecule has 0 amide bonds. The summed E-state index contributed by atoms with van der Waals surface area (Å²) in [5.41, 5.74) is 1.07. The lowest BCUT2D eigenvalue weighted by atomic mass is 10.0. The van der Waals surface area contributed by atoms with Gasteiger partial charge in [-0.2, -0.15) is 4.31 Å². The first kappa shape index (κ1) is 16.9. The molecular weight excluding hydrogens is 304 g/mol. The highest BCUT2D eigenvalue weighted by molar-refractivity contribution is 7.91. The molecule has 1 aromatic heterocycles. The largest absolute Gasteiger partial charge is 0.312 e. The SMILES string of the molecule is CCCNCc1sc(S(=O)(=O)N2CC(C)C(C)C2)cc1C. The van der Waals surface area contributed by atoms with E-state index in [2.05, 4.69) is 26.1 Å². The summed E-state index contributed by atoms with van der Waals surface area (Å²) in [6.45, 7) is 11.4. The first-order valence-corrected chi connectivity index (χ1v) is 9.92. The van der Waals surface area contributed by atoms with Gasteiger partial charge in [0.25, 0.3) is 10.0 Å². The number of rotatable bonds is 6. The molecule has 0 aliphatic carbocycles. The van der Waals surface area contributed by atoms with Gasteiger partial charge in [0.2, 0.25) is 0 Å². The monoisotopic (exact) mass is 330 g/mol. The molecule has 21 heavy (non-hydrogen) atoms. The minimum absolute atomic E-state index is 0.437. The van der Waals surface area contributed by atoms with Crippen molar-refractivity contribution in [3.05, 3.63) is 16.5 Å². The van der Waals surface area contributed by atoms with E-state index in [0.717, 1.165) is 30.0 Å². The summed E-state index contributed by atoms with van der Waals surface area (Å²) >= 11 is 1.41. The van der Waals surface area contributed by atoms with Crippen LogP contribution in [0.15, 0.2) is 10.3 Å². The summed E-state index contributed by atoms with van der Waals surface area (Å²) in [5, 5.41) is 3.34. The molecule has 1 aromatic rings. The minimum Gasteiger partial charge on any atom is -0.312 e. The van der Waals surface area contributed by atoms with E-state index in [9.17, 15) is 8.42 Å². The Balaban J connectivity index is 2.15. The van der Waals surface area contributed by atoms with Crippen LogP contribution in [0.25, 0.3) is 0 Å². The average Bonchev–Trinajstić information content (AvgIpc) is 2.95. The van der Waals surface area contributed by atoms with Crippen LogP contribution < -0.4 is 5.32 Å². The van der Waals surface area contributed by atoms with Crippen LogP contribution in [0, 0.1) is 18.8 Å². The van der Waals surface area contributed by atoms with Crippen molar-refractivity contribution < 1.29 is 8.42 Å². The summed E-state index contributed by atoms with van der Waals surface area (Å²) < 4.78 is 27.6. The van der Waals surface area contributed by atoms with Crippen LogP contribution in [0.3, 0.4) is 0 Å². The van der Waals surface area contributed by atoms with Gasteiger partial charge in [-0.25, -0.2) is 8.42 Å². The Morgan fingerprint density at radius 1 is 1.33 bits per heavy atom. The van der Waals surface area contributed by atoms with E-state index in [1.165, 1.54) is 11.3 Å². The summed E-state index contributed by atoms with van der Waals surface area (Å²) in [4.78, 5) is 1.13. The number of hydrogen-bond acceptors (Lipinski definition) is 4. The van der Waals surface area contributed by atoms with Crippen LogP contribution in [0.5, 0.6) is 0 Å². The molecule has 4 nitrogen and oxygen atoms in total. The predicted molar refractivity (Wildman–Crippen MR) is 88.1 cm³/mol. The number of nitrogens with one attached hydrogen (secondary N) is 1. The number of thiophene rings is 1. The quantitative estimate of drug-likeness (QED) is 0.816. The molecule has 2 atom stereocenters. The van der Waals surface area contributed by atoms with Gasteiger partial charge < -0.3 is 5.32 Å². The Kier molecular flexibility index (Phi) is 5.46. The Morgan fingerprint density at radius 2 is 1.95 bits per heavy atom. The maximum atomic E-state index is 12.7. The topological polar surface area (TPSA) is 49.4 Å². The van der Waals surface area contributed by atoms with E-state index in [0.29, 0.717) is 29.1 Å². The third-order valence-corrected chi connectivity index (χ3v) is 7.78. The van der Waals surface area contributed by atoms with Crippen LogP contribution in [-0.2, 0) is 16.6 Å². The second-order valence-corrected chi connectivity index (χ2v) is 9.43. The zero-order valence-electron chi connectivity index (χ0n) is 13.3. The molecule has 0 radical (unpaired) electrons. The molecule has 2 rings (SSSR count). The van der Waals surface area contributed by atoms with E-state index >= 15 is 0 Å². The Morgan fingerprint density at radius 3 is 2.52 bits per heavy atom. The molecule has 2 unspecified atom stereocenters. The summed E-state index contributed by atoms with van der Waals surface area (Å²) in [6, 6.07) is 1.83. The van der Waals surface area contributed by atoms with E-state index in [-0.39, 0.29) is 0 Å². The second-order valence-electron chi connectivity index (χ2n) is 6.12. The summed E-state index contributed by atoms with van der Waals surface area (Å²) in [5.74, 6) is 0.873. The van der Waals surface area contributed by atoms with E-state index in [1.807, 2.05) is 13.0 Å². The van der Waals surface area contributed by atoms with E-state index < -0.39 is 10.0 Å². The van der Waals surface area contributed by atoms with Gasteiger partial charge in [-0.1, -0.05) is 20.8 Å². The van der Waals surface area contributed by atoms with Crippen LogP contribution in [0.4, 0.5) is 0 Å². The number of nitrogens with zero attached hydrogens (tertiary/aromatic N) is 1. The van der Waals surface area contributed by atoms with Gasteiger partial charge in [-0.3, -0.25) is 0 Å². The molecule has 0 bridgehead atoms. The lowest BCUT2D eigenvalue weighted by Crippen LogP contribution is -2.28. The van der Waals surface area contributed by atoms with Crippen molar-refractivity contribution in [1.29, 1.82) is 0 Å². The third-order valence-electron chi connectivity index (χ3n) is 4.26. The Hall–Kier alpha value is -0.430. The second kappa shape index (κ2) is 6.77. The van der Waals surface area contributed by atoms with Gasteiger partial charge in [-0.05, 0) is 43.4 Å². The lowest BCUT2D eigenvalue weighted by Gasteiger charge is -2.14. The smallest absolute Gasteiger partial charge is 0.252 e. The predicted octanol–water partition coefficient (Wildman–Crippen LogP) is 2.83. The maximum absolute atomic E-state index is 12.7. The van der Waals surface area contributed by atoms with Crippen molar-refractivity contribution in [2.75, 3.05) is 19.6 Å². The summed E-state index contributed by atoms with van der Waals surface area (Å²) in [6.07, 6.45) is 1.08. The number of aryl methyl sites for hydroxylation is 1. The molecule has 120 valence electrons. The van der Waals surface area contributed by atoms with Gasteiger partial charge in [-0.15, -0.1) is 11.3 Å². The Bertz CT molecular complexity index is 570. The van der Waals surface area contributed by atoms with Gasteiger partial charge >= 0.3 is 0 Å². The van der Waals surface area contributed by atoms with Crippen molar-refractivity contribution in [3.8, 4) is 0 Å². The standard InChI is InChI=1S/C15H26N2O2S2/c1-5-6-16-8-14-11(2)7-15(20-14)21(18,19)17-9-12(3)13(4)10-17/h7,12-13,16H,5-6,8-10H2,1-4H3. The number of hydrogen-bond donors (Lipinski definition) is 1. The molecule has 0 spiro atoms. The van der Waals surface area contributed by atoms with Crippen LogP contribution in [0.2, 0.25) is 0 Å². The molecule has 1 aliphatic rings. The molecule has 1 aliphatic heterocycles. The fourth-order valence-corrected chi connectivity index (χ4v) is 5.93. The normalized spacial score (nSPS) is 23.8. The lowest BCUT2D eigenvalue weighted by molar-refractivity contribution is 0.465. The van der Waals surface area contributed by atoms with E-state index in [4.69, 9.17) is 0 Å². The Labute approximate surface area is 132 Å². The first-order valence-electron chi connectivity index (χ1n) is 7.66. The fourth-order valence-electron chi connectivity index (χ4n) is 2.57. The van der Waals surface area contributed by atoms with Crippen LogP contribution >= 0.6 is 11.3 Å². The number of sulfonamides is 1. The van der Waals surface area contributed by atoms with Crippen LogP contribution in [-0.4, -0.2) is 32.4 Å². The molecule has 2 heterocycles. The zero-order chi connectivity index (χ0) is 15.6. The molecule has 1 fully saturated rings. The van der Waals surface area contributed by atoms with Gasteiger partial charge in [0.05, 0.1) is 0 Å². The highest BCUT2D eigenvalue weighted by Crippen LogP contribution is 2.32. The van der Waals surface area contributed by atoms with Crippen molar-refractivity contribution in [2.24, 2.45) is 11.8 Å². The fraction of sp³-hybridized carbons (Fsp3) is 0.733. The molecule has 6 heteroatoms. The van der Waals surface area contributed by atoms with Crippen molar-refractivity contribution in [3.63, 3.8) is 0 Å². The zero-order valence-corrected chi connectivity index (χ0v) is 15.0. The molecular formula is C15H26N2O2S2. The van der Waals surface area contributed by atoms with Crippen molar-refractivity contribution in [2.45, 2.75) is 44.9 Å². The highest BCUT2D eigenvalue weighted by atomic mass is 32.2. The van der Waals surface area contributed by atoms with E-state index in [1.54, 1.807) is 4.31 Å². The molecule has 1 N–H and O–H groups in total. The van der Waals surface area contributed by atoms with Crippen molar-refractivity contribution in [1.82, 2.24) is 9.62 Å². The van der Waals surface area contributed by atoms with Crippen molar-refractivity contribution >= 4 is 21.4 Å². The minimum atomic E-state index is -3.31. The summed E-state index contributed by atoms with van der Waals surface area (Å²) in [7, 11) is -3.31. The first-order chi connectivity index (χ1) is 9.86. The molecule has 0 saturated carbocycles. The van der Waals surface area contributed by atoms with Crippen LogP contribution in [0.1, 0.15) is 37.6 Å². The molecule has 0 aromatic carbocycles. The van der Waals surface area contributed by atoms with Gasteiger partial charge in [0, 0.05) is 24.5 Å². The molecule has 1 saturated heterocycles.